The summed E-state index contributed by atoms with van der Waals surface area (Å²) < 4.78 is 52.4. The second-order valence-electron chi connectivity index (χ2n) is 6.97. The average molecular weight is 498 g/mol. The van der Waals surface area contributed by atoms with Crippen molar-refractivity contribution in [3.05, 3.63) is 40.4 Å². The van der Waals surface area contributed by atoms with E-state index < -0.39 is 59.2 Å². The molecule has 0 spiro atoms. The fourth-order valence-corrected chi connectivity index (χ4v) is 3.52. The van der Waals surface area contributed by atoms with Gasteiger partial charge in [-0.05, 0) is 30.0 Å². The molecule has 1 fully saturated rings. The predicted octanol–water partition coefficient (Wildman–Crippen LogP) is -4.09. The van der Waals surface area contributed by atoms with E-state index in [1.807, 2.05) is 0 Å². The van der Waals surface area contributed by atoms with Gasteiger partial charge >= 0.3 is 57.0 Å². The van der Waals surface area contributed by atoms with E-state index in [4.69, 9.17) is 13.9 Å². The van der Waals surface area contributed by atoms with Crippen LogP contribution in [0.5, 0.6) is 5.75 Å². The molecule has 1 aliphatic rings. The molecule has 0 unspecified atom stereocenters. The molecule has 170 valence electrons. The summed E-state index contributed by atoms with van der Waals surface area (Å²) in [6.45, 7) is 2.02. The number of nitrogens with one attached hydrogen (secondary N) is 1. The Hall–Kier alpha value is -0.914. The van der Waals surface area contributed by atoms with Crippen molar-refractivity contribution in [3.8, 4) is 5.75 Å². The molecule has 1 aliphatic heterocycles. The Bertz CT molecular complexity index is 1140. The maximum Gasteiger partial charge on any atom is 1.00 e. The first-order valence-corrected chi connectivity index (χ1v) is 10.4. The fourth-order valence-electron chi connectivity index (χ4n) is 3.22. The molecule has 3 N–H and O–H groups in total. The number of amides is 1. The molecule has 1 aromatic carbocycles. The summed E-state index contributed by atoms with van der Waals surface area (Å²) in [5, 5.41) is 23.8. The van der Waals surface area contributed by atoms with Crippen LogP contribution in [0.4, 0.5) is 0 Å². The Morgan fingerprint density at radius 3 is 2.56 bits per heavy atom. The van der Waals surface area contributed by atoms with Crippen molar-refractivity contribution in [1.29, 1.82) is 0 Å². The summed E-state index contributed by atoms with van der Waals surface area (Å²) in [5.74, 6) is -0.467. The second kappa shape index (κ2) is 11.0. The van der Waals surface area contributed by atoms with Gasteiger partial charge in [0.1, 0.15) is 30.1 Å². The third kappa shape index (κ3) is 6.57. The first-order valence-electron chi connectivity index (χ1n) is 9.04. The zero-order valence-electron chi connectivity index (χ0n) is 17.4. The summed E-state index contributed by atoms with van der Waals surface area (Å²) in [6, 6.07) is 3.21. The Morgan fingerprint density at radius 1 is 1.25 bits per heavy atom. The van der Waals surface area contributed by atoms with E-state index in [0.29, 0.717) is 10.9 Å². The zero-order chi connectivity index (χ0) is 22.9. The number of aryl methyl sites for hydroxylation is 1. The summed E-state index contributed by atoms with van der Waals surface area (Å²) in [4.78, 5) is 23.6. The van der Waals surface area contributed by atoms with Crippen LogP contribution < -0.4 is 67.1 Å². The minimum Gasteiger partial charge on any atom is -0.726 e. The van der Waals surface area contributed by atoms with Crippen LogP contribution in [0.2, 0.25) is 0 Å². The van der Waals surface area contributed by atoms with Crippen molar-refractivity contribution in [1.82, 2.24) is 5.32 Å². The molecule has 3 rings (SSSR count). The van der Waals surface area contributed by atoms with Gasteiger partial charge in [-0.1, -0.05) is 6.07 Å². The number of ether oxygens (including phenoxy) is 2. The number of carbonyl (C=O) groups excluding carboxylic acids is 1. The van der Waals surface area contributed by atoms with Gasteiger partial charge in [-0.3, -0.25) is 8.98 Å². The molecule has 5 atom stereocenters. The van der Waals surface area contributed by atoms with Gasteiger partial charge < -0.3 is 34.0 Å². The van der Waals surface area contributed by atoms with Crippen LogP contribution in [0.15, 0.2) is 33.7 Å². The van der Waals surface area contributed by atoms with E-state index in [1.165, 1.54) is 25.3 Å². The van der Waals surface area contributed by atoms with Gasteiger partial charge in [0.05, 0.1) is 18.3 Å². The van der Waals surface area contributed by atoms with Crippen LogP contribution in [0.1, 0.15) is 12.5 Å². The minimum atomic E-state index is -5.08. The summed E-state index contributed by atoms with van der Waals surface area (Å²) in [6.07, 6.45) is -4.95. The van der Waals surface area contributed by atoms with Crippen LogP contribution in [-0.4, -0.2) is 66.3 Å². The third-order valence-electron chi connectivity index (χ3n) is 4.68. The molecule has 0 saturated carbocycles. The SMILES string of the molecule is CC(=O)N[C@H]1[C@H](Oc2ccc3c(C)coc(=O)c3c2)O[C@H](COS(=O)(=O)[O-])[C@@H](O)[C@@H]1O.[K+]. The molecule has 2 heterocycles. The molecule has 32 heavy (non-hydrogen) atoms. The number of fused-ring (bicyclic) bond motifs is 1. The quantitative estimate of drug-likeness (QED) is 0.200. The second-order valence-corrected chi connectivity index (χ2v) is 8.03. The first-order chi connectivity index (χ1) is 14.5. The van der Waals surface area contributed by atoms with E-state index in [2.05, 4.69) is 9.50 Å². The largest absolute Gasteiger partial charge is 1.00 e. The maximum absolute atomic E-state index is 12.0. The van der Waals surface area contributed by atoms with Crippen molar-refractivity contribution in [2.24, 2.45) is 0 Å². The molecule has 0 bridgehead atoms. The number of rotatable bonds is 6. The molecule has 12 nitrogen and oxygen atoms in total. The van der Waals surface area contributed by atoms with Crippen LogP contribution in [-0.2, 0) is 24.1 Å². The zero-order valence-corrected chi connectivity index (χ0v) is 21.3. The van der Waals surface area contributed by atoms with E-state index in [-0.39, 0.29) is 62.5 Å². The smallest absolute Gasteiger partial charge is 0.726 e. The average Bonchev–Trinajstić information content (AvgIpc) is 2.68. The molecule has 0 radical (unpaired) electrons. The van der Waals surface area contributed by atoms with Gasteiger partial charge in [0.25, 0.3) is 0 Å². The van der Waals surface area contributed by atoms with Gasteiger partial charge in [-0.15, -0.1) is 0 Å². The van der Waals surface area contributed by atoms with Crippen molar-refractivity contribution in [2.75, 3.05) is 6.61 Å². The molecule has 0 aliphatic carbocycles. The van der Waals surface area contributed by atoms with Crippen LogP contribution in [0, 0.1) is 6.92 Å². The number of carbonyl (C=O) groups is 1. The summed E-state index contributed by atoms with van der Waals surface area (Å²) >= 11 is 0. The maximum atomic E-state index is 12.0. The van der Waals surface area contributed by atoms with Crippen molar-refractivity contribution in [2.45, 2.75) is 44.5 Å². The number of hydrogen-bond acceptors (Lipinski definition) is 11. The molecule has 2 aromatic rings. The number of hydrogen-bond donors (Lipinski definition) is 3. The molecule has 1 amide bonds. The monoisotopic (exact) mass is 497 g/mol. The van der Waals surface area contributed by atoms with Gasteiger partial charge in [0.2, 0.25) is 22.6 Å². The van der Waals surface area contributed by atoms with E-state index >= 15 is 0 Å². The van der Waals surface area contributed by atoms with E-state index in [0.717, 1.165) is 0 Å². The van der Waals surface area contributed by atoms with Gasteiger partial charge in [-0.2, -0.15) is 0 Å². The predicted molar refractivity (Wildman–Crippen MR) is 102 cm³/mol. The Kier molecular flexibility index (Phi) is 9.40. The van der Waals surface area contributed by atoms with Crippen LogP contribution in [0.3, 0.4) is 0 Å². The van der Waals surface area contributed by atoms with Gasteiger partial charge in [0, 0.05) is 6.92 Å². The first kappa shape index (κ1) is 27.3. The molecular weight excluding hydrogens is 477 g/mol. The Labute approximate surface area is 225 Å². The van der Waals surface area contributed by atoms with E-state index in [1.54, 1.807) is 13.0 Å². The minimum absolute atomic E-state index is 0. The number of benzene rings is 1. The Morgan fingerprint density at radius 2 is 1.94 bits per heavy atom. The Balaban J connectivity index is 0.00000363. The van der Waals surface area contributed by atoms with E-state index in [9.17, 15) is 32.8 Å². The van der Waals surface area contributed by atoms with Crippen molar-refractivity contribution >= 4 is 27.1 Å². The molecule has 14 heteroatoms. The number of aliphatic hydroxyl groups is 2. The number of aliphatic hydroxyl groups excluding tert-OH is 2. The topological polar surface area (TPSA) is 185 Å². The van der Waals surface area contributed by atoms with Gasteiger partial charge in [0.15, 0.2) is 0 Å². The molecule has 1 saturated heterocycles. The molecular formula is C18H20KNO11S. The van der Waals surface area contributed by atoms with Crippen molar-refractivity contribution in [3.63, 3.8) is 0 Å². The van der Waals surface area contributed by atoms with Crippen LogP contribution >= 0.6 is 0 Å². The molecule has 1 aromatic heterocycles. The summed E-state index contributed by atoms with van der Waals surface area (Å²) in [5.41, 5.74) is 0.0946. The van der Waals surface area contributed by atoms with Crippen LogP contribution in [0.25, 0.3) is 10.8 Å². The normalized spacial score (nSPS) is 25.7. The fraction of sp³-hybridized carbons (Fsp3) is 0.444. The summed E-state index contributed by atoms with van der Waals surface area (Å²) in [7, 11) is -5.08. The van der Waals surface area contributed by atoms with Crippen molar-refractivity contribution < 1.29 is 97.4 Å². The third-order valence-corrected chi connectivity index (χ3v) is 5.10. The van der Waals surface area contributed by atoms with Gasteiger partial charge in [-0.25, -0.2) is 13.2 Å². The standard InChI is InChI=1S/C18H21NO11S.K/c1-8-6-27-17(23)12-5-10(3-4-11(8)12)29-18-14(19-9(2)20)16(22)15(21)13(30-18)7-28-31(24,25)26;/h3-6,13-16,18,21-22H,7H2,1-2H3,(H,19,20)(H,24,25,26);/q;+1/p-1/t13-,14-,15-,16-,18-;/m1./s1.